The van der Waals surface area contributed by atoms with Crippen LogP contribution in [0.4, 0.5) is 4.39 Å². The lowest BCUT2D eigenvalue weighted by molar-refractivity contribution is -0.00632. The average molecular weight is 330 g/mol. The first-order valence-corrected chi connectivity index (χ1v) is 8.67. The summed E-state index contributed by atoms with van der Waals surface area (Å²) in [5.41, 5.74) is 0.655. The second-order valence-electron chi connectivity index (χ2n) is 5.29. The van der Waals surface area contributed by atoms with Crippen LogP contribution in [0.5, 0.6) is 0 Å². The van der Waals surface area contributed by atoms with Crippen LogP contribution in [-0.4, -0.2) is 63.0 Å². The van der Waals surface area contributed by atoms with Crippen LogP contribution in [0.25, 0.3) is 0 Å². The first-order valence-electron chi connectivity index (χ1n) is 7.27. The fraction of sp³-hybridized carbons (Fsp3) is 0.571. The van der Waals surface area contributed by atoms with Crippen LogP contribution in [0.1, 0.15) is 11.7 Å². The summed E-state index contributed by atoms with van der Waals surface area (Å²) >= 11 is 0. The molecule has 2 aliphatic heterocycles. The fourth-order valence-corrected chi connectivity index (χ4v) is 4.25. The van der Waals surface area contributed by atoms with Crippen molar-refractivity contribution < 1.29 is 22.3 Å². The van der Waals surface area contributed by atoms with E-state index in [1.807, 2.05) is 0 Å². The largest absolute Gasteiger partial charge is 0.379 e. The highest BCUT2D eigenvalue weighted by molar-refractivity contribution is 7.86. The van der Waals surface area contributed by atoms with Gasteiger partial charge in [0.2, 0.25) is 0 Å². The third kappa shape index (κ3) is 3.31. The smallest absolute Gasteiger partial charge is 0.282 e. The Morgan fingerprint density at radius 1 is 1.09 bits per heavy atom. The van der Waals surface area contributed by atoms with Crippen LogP contribution >= 0.6 is 0 Å². The minimum atomic E-state index is -3.52. The van der Waals surface area contributed by atoms with Crippen molar-refractivity contribution in [2.75, 3.05) is 46.0 Å². The molecule has 0 saturated carbocycles. The van der Waals surface area contributed by atoms with Gasteiger partial charge in [0, 0.05) is 26.2 Å². The van der Waals surface area contributed by atoms with E-state index in [1.165, 1.54) is 20.7 Å². The lowest BCUT2D eigenvalue weighted by atomic mass is 10.1. The van der Waals surface area contributed by atoms with E-state index >= 15 is 0 Å². The number of hydrogen-bond donors (Lipinski definition) is 0. The van der Waals surface area contributed by atoms with Crippen LogP contribution in [0.2, 0.25) is 0 Å². The molecule has 0 aliphatic carbocycles. The molecule has 1 aromatic rings. The molecule has 6 nitrogen and oxygen atoms in total. The van der Waals surface area contributed by atoms with Gasteiger partial charge in [0.05, 0.1) is 25.9 Å². The van der Waals surface area contributed by atoms with Gasteiger partial charge in [-0.3, -0.25) is 0 Å². The molecule has 0 bridgehead atoms. The third-order valence-electron chi connectivity index (χ3n) is 3.87. The Balaban J connectivity index is 1.75. The molecule has 1 aromatic carbocycles. The average Bonchev–Trinajstić information content (AvgIpc) is 2.56. The Bertz CT molecular complexity index is 619. The minimum Gasteiger partial charge on any atom is -0.379 e. The van der Waals surface area contributed by atoms with Gasteiger partial charge in [-0.1, -0.05) is 12.1 Å². The molecule has 2 aliphatic rings. The lowest BCUT2D eigenvalue weighted by Gasteiger charge is -2.36. The summed E-state index contributed by atoms with van der Waals surface area (Å²) in [6.45, 7) is 2.36. The number of hydrogen-bond acceptors (Lipinski definition) is 4. The summed E-state index contributed by atoms with van der Waals surface area (Å²) in [7, 11) is -3.52. The molecule has 2 fully saturated rings. The van der Waals surface area contributed by atoms with Crippen LogP contribution < -0.4 is 0 Å². The van der Waals surface area contributed by atoms with Crippen molar-refractivity contribution in [1.82, 2.24) is 8.61 Å². The van der Waals surface area contributed by atoms with E-state index in [-0.39, 0.29) is 12.4 Å². The van der Waals surface area contributed by atoms with Gasteiger partial charge in [-0.2, -0.15) is 17.0 Å². The zero-order valence-electron chi connectivity index (χ0n) is 12.2. The quantitative estimate of drug-likeness (QED) is 0.822. The van der Waals surface area contributed by atoms with E-state index < -0.39 is 16.3 Å². The maximum Gasteiger partial charge on any atom is 0.282 e. The standard InChI is InChI=1S/C14H19FN2O4S/c15-13-3-1-2-12(10-13)14-11-17(6-9-21-14)22(18,19)16-4-7-20-8-5-16/h1-3,10,14H,4-9,11H2. The van der Waals surface area contributed by atoms with Crippen molar-refractivity contribution in [3.8, 4) is 0 Å². The summed E-state index contributed by atoms with van der Waals surface area (Å²) in [5, 5.41) is 0. The Labute approximate surface area is 129 Å². The van der Waals surface area contributed by atoms with Gasteiger partial charge in [-0.15, -0.1) is 0 Å². The van der Waals surface area contributed by atoms with Gasteiger partial charge in [-0.25, -0.2) is 4.39 Å². The maximum atomic E-state index is 13.3. The second-order valence-corrected chi connectivity index (χ2v) is 7.22. The van der Waals surface area contributed by atoms with E-state index in [9.17, 15) is 12.8 Å². The predicted molar refractivity (Wildman–Crippen MR) is 78.0 cm³/mol. The fourth-order valence-electron chi connectivity index (χ4n) is 2.68. The van der Waals surface area contributed by atoms with Crippen LogP contribution in [0, 0.1) is 5.82 Å². The molecule has 1 unspecified atom stereocenters. The highest BCUT2D eigenvalue weighted by Crippen LogP contribution is 2.25. The molecule has 2 saturated heterocycles. The zero-order valence-corrected chi connectivity index (χ0v) is 13.0. The topological polar surface area (TPSA) is 59.1 Å². The number of rotatable bonds is 3. The van der Waals surface area contributed by atoms with Crippen molar-refractivity contribution in [3.63, 3.8) is 0 Å². The van der Waals surface area contributed by atoms with Gasteiger partial charge >= 0.3 is 0 Å². The lowest BCUT2D eigenvalue weighted by Crippen LogP contribution is -2.52. The summed E-state index contributed by atoms with van der Waals surface area (Å²) < 4.78 is 52.3. The highest BCUT2D eigenvalue weighted by atomic mass is 32.2. The SMILES string of the molecule is O=S(=O)(N1CCOCC1)N1CCOC(c2cccc(F)c2)C1. The van der Waals surface area contributed by atoms with Crippen molar-refractivity contribution in [2.45, 2.75) is 6.10 Å². The van der Waals surface area contributed by atoms with Gasteiger partial charge in [0.1, 0.15) is 5.82 Å². The van der Waals surface area contributed by atoms with Gasteiger partial charge in [0.25, 0.3) is 10.2 Å². The van der Waals surface area contributed by atoms with Crippen molar-refractivity contribution in [2.24, 2.45) is 0 Å². The molecule has 22 heavy (non-hydrogen) atoms. The highest BCUT2D eigenvalue weighted by Gasteiger charge is 2.35. The molecule has 3 rings (SSSR count). The first-order chi connectivity index (χ1) is 10.6. The van der Waals surface area contributed by atoms with E-state index in [1.54, 1.807) is 12.1 Å². The van der Waals surface area contributed by atoms with Crippen LogP contribution in [-0.2, 0) is 19.7 Å². The molecule has 0 spiro atoms. The Morgan fingerprint density at radius 2 is 1.82 bits per heavy atom. The minimum absolute atomic E-state index is 0.198. The monoisotopic (exact) mass is 330 g/mol. The van der Waals surface area contributed by atoms with E-state index in [4.69, 9.17) is 9.47 Å². The number of morpholine rings is 2. The zero-order chi connectivity index (χ0) is 15.6. The van der Waals surface area contributed by atoms with Gasteiger partial charge in [0.15, 0.2) is 0 Å². The summed E-state index contributed by atoms with van der Waals surface area (Å²) in [5.74, 6) is -0.353. The molecular weight excluding hydrogens is 311 g/mol. The van der Waals surface area contributed by atoms with Crippen LogP contribution in [0.15, 0.2) is 24.3 Å². The Hall–Kier alpha value is -1.06. The molecule has 0 aromatic heterocycles. The molecule has 0 N–H and O–H groups in total. The van der Waals surface area contributed by atoms with Gasteiger partial charge < -0.3 is 9.47 Å². The van der Waals surface area contributed by atoms with E-state index in [2.05, 4.69) is 0 Å². The molecule has 8 heteroatoms. The normalized spacial score (nSPS) is 25.2. The summed E-state index contributed by atoms with van der Waals surface area (Å²) in [4.78, 5) is 0. The maximum absolute atomic E-state index is 13.3. The molecule has 122 valence electrons. The summed E-state index contributed by atoms with van der Waals surface area (Å²) in [6, 6.07) is 6.09. The molecular formula is C14H19FN2O4S. The molecule has 1 atom stereocenters. The van der Waals surface area contributed by atoms with Crippen molar-refractivity contribution in [3.05, 3.63) is 35.6 Å². The molecule has 0 radical (unpaired) electrons. The van der Waals surface area contributed by atoms with Crippen LogP contribution in [0.3, 0.4) is 0 Å². The number of ether oxygens (including phenoxy) is 2. The van der Waals surface area contributed by atoms with Crippen molar-refractivity contribution in [1.29, 1.82) is 0 Å². The molecule has 0 amide bonds. The summed E-state index contributed by atoms with van der Waals surface area (Å²) in [6.07, 6.45) is -0.444. The van der Waals surface area contributed by atoms with E-state index in [0.29, 0.717) is 45.0 Å². The predicted octanol–water partition coefficient (Wildman–Crippen LogP) is 0.776. The Morgan fingerprint density at radius 3 is 2.55 bits per heavy atom. The first kappa shape index (κ1) is 15.8. The number of halogens is 1. The Kier molecular flexibility index (Phi) is 4.74. The second kappa shape index (κ2) is 6.59. The molecule has 2 heterocycles. The van der Waals surface area contributed by atoms with Gasteiger partial charge in [-0.05, 0) is 17.7 Å². The van der Waals surface area contributed by atoms with Crippen molar-refractivity contribution >= 4 is 10.2 Å². The van der Waals surface area contributed by atoms with E-state index in [0.717, 1.165) is 0 Å². The third-order valence-corrected chi connectivity index (χ3v) is 5.87. The number of benzene rings is 1. The number of nitrogens with zero attached hydrogens (tertiary/aromatic N) is 2.